The molecule has 2 saturated carbocycles. The molecule has 0 radical (unpaired) electrons. The van der Waals surface area contributed by atoms with Crippen molar-refractivity contribution in [2.24, 2.45) is 17.8 Å². The van der Waals surface area contributed by atoms with E-state index in [-0.39, 0.29) is 11.8 Å². The van der Waals surface area contributed by atoms with Gasteiger partial charge >= 0.3 is 0 Å². The number of amides is 1. The second-order valence-electron chi connectivity index (χ2n) is 5.01. The van der Waals surface area contributed by atoms with Crippen molar-refractivity contribution in [1.29, 1.82) is 0 Å². The number of hydrogen-bond acceptors (Lipinski definition) is 2. The SMILES string of the molecule is O=C(Nc1cccnc1)[C@H]1C[C@@H]2CC[C@H]1C2. The number of carbonyl (C=O) groups excluding carboxylic acids is 1. The molecule has 2 fully saturated rings. The van der Waals surface area contributed by atoms with Crippen molar-refractivity contribution in [1.82, 2.24) is 4.98 Å². The third-order valence-corrected chi connectivity index (χ3v) is 4.00. The predicted molar refractivity (Wildman–Crippen MR) is 61.8 cm³/mol. The lowest BCUT2D eigenvalue weighted by atomic mass is 9.88. The summed E-state index contributed by atoms with van der Waals surface area (Å²) in [5.41, 5.74) is 0.815. The number of fused-ring (bicyclic) bond motifs is 2. The van der Waals surface area contributed by atoms with Crippen molar-refractivity contribution in [2.75, 3.05) is 5.32 Å². The fourth-order valence-electron chi connectivity index (χ4n) is 3.24. The lowest BCUT2D eigenvalue weighted by Gasteiger charge is -2.20. The van der Waals surface area contributed by atoms with Crippen molar-refractivity contribution < 1.29 is 4.79 Å². The number of rotatable bonds is 2. The minimum Gasteiger partial charge on any atom is -0.324 e. The highest BCUT2D eigenvalue weighted by molar-refractivity contribution is 5.92. The molecular formula is C13H16N2O. The van der Waals surface area contributed by atoms with Gasteiger partial charge in [0.1, 0.15) is 0 Å². The highest BCUT2D eigenvalue weighted by Gasteiger charge is 2.42. The van der Waals surface area contributed by atoms with Crippen LogP contribution in [0.15, 0.2) is 24.5 Å². The monoisotopic (exact) mass is 216 g/mol. The van der Waals surface area contributed by atoms with Crippen LogP contribution in [0.2, 0.25) is 0 Å². The molecule has 3 nitrogen and oxygen atoms in total. The van der Waals surface area contributed by atoms with Crippen LogP contribution in [0.5, 0.6) is 0 Å². The Morgan fingerprint density at radius 1 is 1.38 bits per heavy atom. The van der Waals surface area contributed by atoms with Crippen LogP contribution in [0.1, 0.15) is 25.7 Å². The average molecular weight is 216 g/mol. The Balaban J connectivity index is 1.66. The number of hydrogen-bond donors (Lipinski definition) is 1. The largest absolute Gasteiger partial charge is 0.324 e. The number of carbonyl (C=O) groups is 1. The van der Waals surface area contributed by atoms with E-state index < -0.39 is 0 Å². The van der Waals surface area contributed by atoms with Gasteiger partial charge in [-0.05, 0) is 43.2 Å². The van der Waals surface area contributed by atoms with E-state index in [1.807, 2.05) is 12.1 Å². The Morgan fingerprint density at radius 2 is 2.31 bits per heavy atom. The molecule has 2 bridgehead atoms. The van der Waals surface area contributed by atoms with Crippen LogP contribution in [0, 0.1) is 17.8 Å². The van der Waals surface area contributed by atoms with Gasteiger partial charge in [-0.2, -0.15) is 0 Å². The molecule has 16 heavy (non-hydrogen) atoms. The zero-order chi connectivity index (χ0) is 11.0. The highest BCUT2D eigenvalue weighted by atomic mass is 16.1. The number of pyridine rings is 1. The lowest BCUT2D eigenvalue weighted by Crippen LogP contribution is -2.27. The van der Waals surface area contributed by atoms with Crippen LogP contribution in [-0.4, -0.2) is 10.9 Å². The predicted octanol–water partition coefficient (Wildman–Crippen LogP) is 2.46. The number of nitrogens with one attached hydrogen (secondary N) is 1. The minimum absolute atomic E-state index is 0.195. The second kappa shape index (κ2) is 3.89. The van der Waals surface area contributed by atoms with E-state index in [0.717, 1.165) is 18.0 Å². The molecule has 1 amide bonds. The summed E-state index contributed by atoms with van der Waals surface area (Å²) in [5.74, 6) is 1.90. The van der Waals surface area contributed by atoms with Gasteiger partial charge in [0.25, 0.3) is 0 Å². The molecule has 2 aliphatic rings. The van der Waals surface area contributed by atoms with E-state index in [1.165, 1.54) is 19.3 Å². The zero-order valence-corrected chi connectivity index (χ0v) is 9.23. The topological polar surface area (TPSA) is 42.0 Å². The van der Waals surface area contributed by atoms with Crippen LogP contribution >= 0.6 is 0 Å². The van der Waals surface area contributed by atoms with Gasteiger partial charge in [0.2, 0.25) is 5.91 Å². The quantitative estimate of drug-likeness (QED) is 0.825. The van der Waals surface area contributed by atoms with Crippen molar-refractivity contribution >= 4 is 11.6 Å². The van der Waals surface area contributed by atoms with Crippen LogP contribution < -0.4 is 5.32 Å². The Kier molecular flexibility index (Phi) is 2.39. The van der Waals surface area contributed by atoms with Crippen LogP contribution in [-0.2, 0) is 4.79 Å². The molecule has 0 aliphatic heterocycles. The summed E-state index contributed by atoms with van der Waals surface area (Å²) in [4.78, 5) is 16.1. The summed E-state index contributed by atoms with van der Waals surface area (Å²) in [7, 11) is 0. The fourth-order valence-corrected chi connectivity index (χ4v) is 3.24. The van der Waals surface area contributed by atoms with Gasteiger partial charge in [0.15, 0.2) is 0 Å². The van der Waals surface area contributed by atoms with Gasteiger partial charge in [0.05, 0.1) is 11.9 Å². The van der Waals surface area contributed by atoms with E-state index in [0.29, 0.717) is 5.92 Å². The Labute approximate surface area is 95.3 Å². The molecule has 3 rings (SSSR count). The van der Waals surface area contributed by atoms with Crippen molar-refractivity contribution in [3.8, 4) is 0 Å². The van der Waals surface area contributed by atoms with E-state index in [9.17, 15) is 4.79 Å². The molecule has 0 aromatic carbocycles. The van der Waals surface area contributed by atoms with E-state index in [4.69, 9.17) is 0 Å². The summed E-state index contributed by atoms with van der Waals surface area (Å²) >= 11 is 0. The molecule has 1 N–H and O–H groups in total. The molecule has 2 aliphatic carbocycles. The molecule has 0 saturated heterocycles. The van der Waals surface area contributed by atoms with E-state index in [2.05, 4.69) is 10.3 Å². The van der Waals surface area contributed by atoms with Crippen molar-refractivity contribution in [3.63, 3.8) is 0 Å². The van der Waals surface area contributed by atoms with Gasteiger partial charge in [-0.1, -0.05) is 6.42 Å². The molecule has 0 spiro atoms. The van der Waals surface area contributed by atoms with E-state index in [1.54, 1.807) is 12.4 Å². The maximum absolute atomic E-state index is 12.1. The minimum atomic E-state index is 0.195. The third-order valence-electron chi connectivity index (χ3n) is 4.00. The van der Waals surface area contributed by atoms with Gasteiger partial charge < -0.3 is 5.32 Å². The molecular weight excluding hydrogens is 200 g/mol. The maximum atomic E-state index is 12.1. The molecule has 3 atom stereocenters. The highest BCUT2D eigenvalue weighted by Crippen LogP contribution is 2.48. The molecule has 1 aromatic heterocycles. The normalized spacial score (nSPS) is 31.6. The zero-order valence-electron chi connectivity index (χ0n) is 9.23. The standard InChI is InChI=1S/C13H16N2O/c16-13(15-11-2-1-5-14-8-11)12-7-9-3-4-10(12)6-9/h1-2,5,8-10,12H,3-4,6-7H2,(H,15,16)/t9-,10+,12+/m1/s1. The van der Waals surface area contributed by atoms with Crippen molar-refractivity contribution in [3.05, 3.63) is 24.5 Å². The third kappa shape index (κ3) is 1.70. The van der Waals surface area contributed by atoms with Gasteiger partial charge in [-0.3, -0.25) is 9.78 Å². The first-order chi connectivity index (χ1) is 7.83. The summed E-state index contributed by atoms with van der Waals surface area (Å²) < 4.78 is 0. The lowest BCUT2D eigenvalue weighted by molar-refractivity contribution is -0.121. The first kappa shape index (κ1) is 9.82. The van der Waals surface area contributed by atoms with Gasteiger partial charge in [0, 0.05) is 12.1 Å². The Hall–Kier alpha value is -1.38. The van der Waals surface area contributed by atoms with Crippen LogP contribution in [0.25, 0.3) is 0 Å². The summed E-state index contributed by atoms with van der Waals surface area (Å²) in [6, 6.07) is 3.73. The first-order valence-corrected chi connectivity index (χ1v) is 6.04. The molecule has 84 valence electrons. The Morgan fingerprint density at radius 3 is 2.94 bits per heavy atom. The second-order valence-corrected chi connectivity index (χ2v) is 5.01. The Bertz CT molecular complexity index is 390. The molecule has 1 heterocycles. The number of anilines is 1. The fraction of sp³-hybridized carbons (Fsp3) is 0.538. The summed E-state index contributed by atoms with van der Waals surface area (Å²) in [6.07, 6.45) is 8.36. The molecule has 0 unspecified atom stereocenters. The first-order valence-electron chi connectivity index (χ1n) is 6.04. The summed E-state index contributed by atoms with van der Waals surface area (Å²) in [5, 5.41) is 2.97. The smallest absolute Gasteiger partial charge is 0.227 e. The van der Waals surface area contributed by atoms with Crippen LogP contribution in [0.4, 0.5) is 5.69 Å². The number of aromatic nitrogens is 1. The van der Waals surface area contributed by atoms with Crippen molar-refractivity contribution in [2.45, 2.75) is 25.7 Å². The summed E-state index contributed by atoms with van der Waals surface area (Å²) in [6.45, 7) is 0. The van der Waals surface area contributed by atoms with Crippen LogP contribution in [0.3, 0.4) is 0 Å². The van der Waals surface area contributed by atoms with E-state index >= 15 is 0 Å². The van der Waals surface area contributed by atoms with Gasteiger partial charge in [-0.25, -0.2) is 0 Å². The van der Waals surface area contributed by atoms with Gasteiger partial charge in [-0.15, -0.1) is 0 Å². The number of nitrogens with zero attached hydrogens (tertiary/aromatic N) is 1. The average Bonchev–Trinajstić information content (AvgIpc) is 2.92. The molecule has 1 aromatic rings. The maximum Gasteiger partial charge on any atom is 0.227 e. The molecule has 3 heteroatoms.